The Morgan fingerprint density at radius 2 is 1.53 bits per heavy atom. The third-order valence-electron chi connectivity index (χ3n) is 4.73. The summed E-state index contributed by atoms with van der Waals surface area (Å²) in [5.41, 5.74) is 7.47. The van der Waals surface area contributed by atoms with Crippen LogP contribution in [-0.4, -0.2) is 12.5 Å². The summed E-state index contributed by atoms with van der Waals surface area (Å²) in [5.74, 6) is -0.310. The van der Waals surface area contributed by atoms with Crippen molar-refractivity contribution in [3.05, 3.63) is 101 Å². The van der Waals surface area contributed by atoms with Crippen LogP contribution in [0.1, 0.15) is 22.7 Å². The third-order valence-corrected chi connectivity index (χ3v) is 4.99. The molecule has 30 heavy (non-hydrogen) atoms. The van der Waals surface area contributed by atoms with Crippen LogP contribution in [0.5, 0.6) is 0 Å². The van der Waals surface area contributed by atoms with Crippen LogP contribution in [0.2, 0.25) is 5.02 Å². The fourth-order valence-corrected chi connectivity index (χ4v) is 3.19. The lowest BCUT2D eigenvalue weighted by atomic mass is 10.0. The second-order valence-electron chi connectivity index (χ2n) is 6.80. The highest BCUT2D eigenvalue weighted by Crippen LogP contribution is 2.29. The molecule has 156 valence electrons. The van der Waals surface area contributed by atoms with Gasteiger partial charge >= 0.3 is 6.18 Å². The van der Waals surface area contributed by atoms with Crippen LogP contribution in [0.3, 0.4) is 0 Å². The molecule has 3 aromatic carbocycles. The molecule has 0 aliphatic rings. The minimum atomic E-state index is -4.38. The fraction of sp³-hybridized carbons (Fsp3) is 0.174. The monoisotopic (exact) mass is 432 g/mol. The number of carbonyl (C=O) groups is 1. The number of hydrogen-bond acceptors (Lipinski definition) is 2. The molecule has 0 radical (unpaired) electrons. The molecule has 0 aromatic heterocycles. The zero-order valence-electron chi connectivity index (χ0n) is 15.9. The van der Waals surface area contributed by atoms with Crippen LogP contribution in [0.15, 0.2) is 78.9 Å². The van der Waals surface area contributed by atoms with Gasteiger partial charge < -0.3 is 10.6 Å². The summed E-state index contributed by atoms with van der Waals surface area (Å²) >= 11 is 5.96. The quantitative estimate of drug-likeness (QED) is 0.548. The van der Waals surface area contributed by atoms with Crippen LogP contribution in [0.25, 0.3) is 0 Å². The van der Waals surface area contributed by atoms with Gasteiger partial charge in [0.15, 0.2) is 0 Å². The highest BCUT2D eigenvalue weighted by molar-refractivity contribution is 6.30. The van der Waals surface area contributed by atoms with E-state index in [-0.39, 0.29) is 12.5 Å². The molecule has 1 atom stereocenters. The SMILES string of the molecule is NC(C(=O)N(CCc1ccc(C(F)(F)F)cc1)c1ccc(Cl)cc1)c1ccccc1. The first-order valence-corrected chi connectivity index (χ1v) is 9.67. The summed E-state index contributed by atoms with van der Waals surface area (Å²) in [4.78, 5) is 14.7. The molecule has 0 bridgehead atoms. The van der Waals surface area contributed by atoms with Gasteiger partial charge in [0.2, 0.25) is 5.91 Å². The molecule has 3 nitrogen and oxygen atoms in total. The number of nitrogens with two attached hydrogens (primary N) is 1. The zero-order valence-corrected chi connectivity index (χ0v) is 16.7. The average molecular weight is 433 g/mol. The lowest BCUT2D eigenvalue weighted by Gasteiger charge is -2.26. The molecule has 0 saturated heterocycles. The van der Waals surface area contributed by atoms with Crippen LogP contribution in [0.4, 0.5) is 18.9 Å². The summed E-state index contributed by atoms with van der Waals surface area (Å²) in [6.45, 7) is 0.256. The van der Waals surface area contributed by atoms with Gasteiger partial charge in [-0.2, -0.15) is 13.2 Å². The second-order valence-corrected chi connectivity index (χ2v) is 7.24. The van der Waals surface area contributed by atoms with E-state index in [1.54, 1.807) is 48.5 Å². The normalized spacial score (nSPS) is 12.4. The van der Waals surface area contributed by atoms with Crippen molar-refractivity contribution in [3.63, 3.8) is 0 Å². The van der Waals surface area contributed by atoms with Gasteiger partial charge in [-0.05, 0) is 53.9 Å². The van der Waals surface area contributed by atoms with Crippen molar-refractivity contribution in [2.45, 2.75) is 18.6 Å². The number of alkyl halides is 3. The van der Waals surface area contributed by atoms with E-state index in [2.05, 4.69) is 0 Å². The maximum absolute atomic E-state index is 13.2. The Labute approximate surface area is 177 Å². The molecule has 0 fully saturated rings. The van der Waals surface area contributed by atoms with Gasteiger partial charge in [-0.1, -0.05) is 54.1 Å². The van der Waals surface area contributed by atoms with E-state index in [0.29, 0.717) is 28.3 Å². The van der Waals surface area contributed by atoms with Crippen LogP contribution in [0, 0.1) is 0 Å². The number of rotatable bonds is 6. The number of amides is 1. The second kappa shape index (κ2) is 9.32. The molecule has 2 N–H and O–H groups in total. The lowest BCUT2D eigenvalue weighted by Crippen LogP contribution is -2.40. The summed E-state index contributed by atoms with van der Waals surface area (Å²) < 4.78 is 38.3. The van der Waals surface area contributed by atoms with E-state index < -0.39 is 17.8 Å². The third kappa shape index (κ3) is 5.40. The summed E-state index contributed by atoms with van der Waals surface area (Å²) in [5, 5.41) is 0.529. The van der Waals surface area contributed by atoms with Crippen LogP contribution >= 0.6 is 11.6 Å². The van der Waals surface area contributed by atoms with Gasteiger partial charge in [0, 0.05) is 17.3 Å². The van der Waals surface area contributed by atoms with Gasteiger partial charge in [-0.3, -0.25) is 4.79 Å². The number of nitrogens with zero attached hydrogens (tertiary/aromatic N) is 1. The van der Waals surface area contributed by atoms with Crippen molar-refractivity contribution in [1.82, 2.24) is 0 Å². The maximum Gasteiger partial charge on any atom is 0.416 e. The molecule has 7 heteroatoms. The minimum Gasteiger partial charge on any atom is -0.316 e. The number of benzene rings is 3. The van der Waals surface area contributed by atoms with Crippen molar-refractivity contribution in [1.29, 1.82) is 0 Å². The number of carbonyl (C=O) groups excluding carboxylic acids is 1. The van der Waals surface area contributed by atoms with Crippen molar-refractivity contribution < 1.29 is 18.0 Å². The van der Waals surface area contributed by atoms with E-state index in [9.17, 15) is 18.0 Å². The molecule has 1 amide bonds. The predicted molar refractivity (Wildman–Crippen MR) is 112 cm³/mol. The zero-order chi connectivity index (χ0) is 21.7. The highest BCUT2D eigenvalue weighted by atomic mass is 35.5. The van der Waals surface area contributed by atoms with Gasteiger partial charge in [-0.15, -0.1) is 0 Å². The van der Waals surface area contributed by atoms with Crippen molar-refractivity contribution >= 4 is 23.2 Å². The van der Waals surface area contributed by atoms with Gasteiger partial charge in [0.25, 0.3) is 0 Å². The molecule has 0 spiro atoms. The topological polar surface area (TPSA) is 46.3 Å². The Bertz CT molecular complexity index is 974. The van der Waals surface area contributed by atoms with Crippen molar-refractivity contribution in [2.24, 2.45) is 5.73 Å². The van der Waals surface area contributed by atoms with Crippen molar-refractivity contribution in [2.75, 3.05) is 11.4 Å². The maximum atomic E-state index is 13.2. The first kappa shape index (κ1) is 21.9. The Morgan fingerprint density at radius 3 is 2.10 bits per heavy atom. The predicted octanol–water partition coefficient (Wildman–Crippen LogP) is 5.63. The molecule has 0 aliphatic carbocycles. The Kier molecular flexibility index (Phi) is 6.80. The van der Waals surface area contributed by atoms with E-state index >= 15 is 0 Å². The van der Waals surface area contributed by atoms with Gasteiger partial charge in [0.1, 0.15) is 6.04 Å². The molecule has 1 unspecified atom stereocenters. The molecule has 0 saturated carbocycles. The van der Waals surface area contributed by atoms with Gasteiger partial charge in [-0.25, -0.2) is 0 Å². The number of halogens is 4. The molecular weight excluding hydrogens is 413 g/mol. The number of anilines is 1. The van der Waals surface area contributed by atoms with E-state index in [0.717, 1.165) is 12.1 Å². The summed E-state index contributed by atoms with van der Waals surface area (Å²) in [7, 11) is 0. The smallest absolute Gasteiger partial charge is 0.316 e. The lowest BCUT2D eigenvalue weighted by molar-refractivity contribution is -0.137. The summed E-state index contributed by atoms with van der Waals surface area (Å²) in [6.07, 6.45) is -4.01. The Balaban J connectivity index is 1.81. The number of hydrogen-bond donors (Lipinski definition) is 1. The summed E-state index contributed by atoms with van der Waals surface area (Å²) in [6, 6.07) is 19.8. The van der Waals surface area contributed by atoms with E-state index in [1.807, 2.05) is 6.07 Å². The average Bonchev–Trinajstić information content (AvgIpc) is 2.74. The molecule has 0 aliphatic heterocycles. The molecule has 3 rings (SSSR count). The minimum absolute atomic E-state index is 0.256. The largest absolute Gasteiger partial charge is 0.416 e. The first-order chi connectivity index (χ1) is 14.3. The van der Waals surface area contributed by atoms with Crippen LogP contribution in [-0.2, 0) is 17.4 Å². The highest BCUT2D eigenvalue weighted by Gasteiger charge is 2.30. The fourth-order valence-electron chi connectivity index (χ4n) is 3.06. The Hall–Kier alpha value is -2.83. The van der Waals surface area contributed by atoms with Gasteiger partial charge in [0.05, 0.1) is 5.56 Å². The molecular formula is C23H20ClF3N2O. The Morgan fingerprint density at radius 1 is 0.933 bits per heavy atom. The molecule has 0 heterocycles. The van der Waals surface area contributed by atoms with Crippen LogP contribution < -0.4 is 10.6 Å². The standard InChI is InChI=1S/C23H20ClF3N2O/c24-19-10-12-20(13-11-19)29(22(30)21(28)17-4-2-1-3-5-17)15-14-16-6-8-18(9-7-16)23(25,26)27/h1-13,21H,14-15,28H2. The molecule has 3 aromatic rings. The van der Waals surface area contributed by atoms with E-state index in [1.165, 1.54) is 17.0 Å². The van der Waals surface area contributed by atoms with E-state index in [4.69, 9.17) is 17.3 Å². The van der Waals surface area contributed by atoms with Crippen molar-refractivity contribution in [3.8, 4) is 0 Å². The first-order valence-electron chi connectivity index (χ1n) is 9.29.